The quantitative estimate of drug-likeness (QED) is 0.234. The van der Waals surface area contributed by atoms with Crippen LogP contribution in [0.1, 0.15) is 42.3 Å². The predicted molar refractivity (Wildman–Crippen MR) is 129 cm³/mol. The molecule has 3 aromatic rings. The van der Waals surface area contributed by atoms with Gasteiger partial charge in [0.15, 0.2) is 18.1 Å². The van der Waals surface area contributed by atoms with E-state index in [0.29, 0.717) is 22.6 Å². The molecule has 8 heteroatoms. The van der Waals surface area contributed by atoms with Crippen LogP contribution in [-0.4, -0.2) is 36.8 Å². The molecule has 0 atom stereocenters. The molecule has 0 aliphatic heterocycles. The highest BCUT2D eigenvalue weighted by atomic mass is 16.6. The minimum atomic E-state index is -0.548. The third-order valence-electron chi connectivity index (χ3n) is 4.78. The molecule has 0 bridgehead atoms. The molecule has 0 aliphatic carbocycles. The van der Waals surface area contributed by atoms with Crippen LogP contribution in [0, 0.1) is 0 Å². The van der Waals surface area contributed by atoms with Gasteiger partial charge in [-0.2, -0.15) is 5.10 Å². The Labute approximate surface area is 198 Å². The maximum Gasteiger partial charge on any atom is 0.345 e. The molecule has 176 valence electrons. The number of aromatic nitrogens is 1. The number of pyridine rings is 1. The van der Waals surface area contributed by atoms with Crippen molar-refractivity contribution in [3.8, 4) is 17.2 Å². The first kappa shape index (κ1) is 24.4. The molecule has 1 N–H and O–H groups in total. The smallest absolute Gasteiger partial charge is 0.345 e. The Kier molecular flexibility index (Phi) is 7.97. The summed E-state index contributed by atoms with van der Waals surface area (Å²) >= 11 is 0. The number of rotatable bonds is 8. The Hall–Kier alpha value is -4.20. The Morgan fingerprint density at radius 3 is 2.47 bits per heavy atom. The molecule has 1 heterocycles. The number of carbonyl (C=O) groups excluding carboxylic acids is 2. The van der Waals surface area contributed by atoms with Gasteiger partial charge in [0.2, 0.25) is 0 Å². The van der Waals surface area contributed by atoms with E-state index in [2.05, 4.69) is 36.3 Å². The number of hydrogen-bond donors (Lipinski definition) is 1. The molecule has 0 unspecified atom stereocenters. The van der Waals surface area contributed by atoms with Crippen LogP contribution in [0.3, 0.4) is 0 Å². The summed E-state index contributed by atoms with van der Waals surface area (Å²) in [6.45, 7) is 6.23. The minimum Gasteiger partial charge on any atom is -0.493 e. The Morgan fingerprint density at radius 2 is 1.82 bits per heavy atom. The van der Waals surface area contributed by atoms with Crippen molar-refractivity contribution in [2.75, 3.05) is 13.7 Å². The number of amides is 1. The summed E-state index contributed by atoms with van der Waals surface area (Å²) in [6, 6.07) is 15.8. The van der Waals surface area contributed by atoms with Crippen molar-refractivity contribution in [2.45, 2.75) is 26.2 Å². The lowest BCUT2D eigenvalue weighted by Crippen LogP contribution is -2.24. The van der Waals surface area contributed by atoms with Crippen LogP contribution in [0.15, 0.2) is 72.1 Å². The number of carbonyl (C=O) groups is 2. The van der Waals surface area contributed by atoms with Crippen molar-refractivity contribution in [3.05, 3.63) is 83.7 Å². The van der Waals surface area contributed by atoms with Crippen LogP contribution in [0.2, 0.25) is 0 Å². The highest BCUT2D eigenvalue weighted by Crippen LogP contribution is 2.28. The Morgan fingerprint density at radius 1 is 1.06 bits per heavy atom. The minimum absolute atomic E-state index is 0.0481. The van der Waals surface area contributed by atoms with Crippen molar-refractivity contribution in [1.29, 1.82) is 0 Å². The third-order valence-corrected chi connectivity index (χ3v) is 4.78. The van der Waals surface area contributed by atoms with Gasteiger partial charge in [0.05, 0.1) is 18.9 Å². The molecule has 0 fully saturated rings. The summed E-state index contributed by atoms with van der Waals surface area (Å²) in [4.78, 5) is 28.2. The van der Waals surface area contributed by atoms with Gasteiger partial charge in [0.25, 0.3) is 5.91 Å². The highest BCUT2D eigenvalue weighted by Gasteiger charge is 2.14. The van der Waals surface area contributed by atoms with Gasteiger partial charge in [-0.15, -0.1) is 0 Å². The van der Waals surface area contributed by atoms with Gasteiger partial charge in [-0.3, -0.25) is 9.78 Å². The van der Waals surface area contributed by atoms with E-state index < -0.39 is 11.9 Å². The zero-order chi connectivity index (χ0) is 24.6. The van der Waals surface area contributed by atoms with Crippen molar-refractivity contribution in [1.82, 2.24) is 10.4 Å². The molecule has 1 amide bonds. The van der Waals surface area contributed by atoms with Gasteiger partial charge in [-0.1, -0.05) is 32.9 Å². The number of benzene rings is 2. The molecule has 1 aromatic heterocycles. The standard InChI is InChI=1S/C26H27N3O5/c1-26(2,3)20-8-10-21(11-9-20)33-17-24(30)29-28-15-18-7-12-22(23(14-18)32-4)34-25(31)19-6-5-13-27-16-19/h5-16H,17H2,1-4H3,(H,29,30)/b28-15+. The van der Waals surface area contributed by atoms with Gasteiger partial charge in [0.1, 0.15) is 5.75 Å². The monoisotopic (exact) mass is 461 g/mol. The summed E-state index contributed by atoms with van der Waals surface area (Å²) in [6.07, 6.45) is 4.44. The fraction of sp³-hybridized carbons (Fsp3) is 0.231. The van der Waals surface area contributed by atoms with Gasteiger partial charge in [-0.05, 0) is 59.0 Å². The van der Waals surface area contributed by atoms with Crippen molar-refractivity contribution in [3.63, 3.8) is 0 Å². The zero-order valence-corrected chi connectivity index (χ0v) is 19.6. The number of esters is 1. The van der Waals surface area contributed by atoms with Crippen LogP contribution in [0.25, 0.3) is 0 Å². The number of ether oxygens (including phenoxy) is 3. The number of hydrogen-bond acceptors (Lipinski definition) is 7. The second-order valence-electron chi connectivity index (χ2n) is 8.40. The number of nitrogens with one attached hydrogen (secondary N) is 1. The predicted octanol–water partition coefficient (Wildman–Crippen LogP) is 4.14. The van der Waals surface area contributed by atoms with Crippen LogP contribution in [-0.2, 0) is 10.2 Å². The zero-order valence-electron chi connectivity index (χ0n) is 19.6. The molecule has 3 rings (SSSR count). The molecular formula is C26H27N3O5. The second-order valence-corrected chi connectivity index (χ2v) is 8.40. The van der Waals surface area contributed by atoms with E-state index in [1.54, 1.807) is 36.5 Å². The van der Waals surface area contributed by atoms with Gasteiger partial charge in [0, 0.05) is 12.4 Å². The number of nitrogens with zero attached hydrogens (tertiary/aromatic N) is 2. The lowest BCUT2D eigenvalue weighted by molar-refractivity contribution is -0.123. The lowest BCUT2D eigenvalue weighted by atomic mass is 9.87. The molecular weight excluding hydrogens is 434 g/mol. The van der Waals surface area contributed by atoms with E-state index in [0.717, 1.165) is 0 Å². The van der Waals surface area contributed by atoms with E-state index in [-0.39, 0.29) is 17.8 Å². The number of methoxy groups -OCH3 is 1. The molecule has 34 heavy (non-hydrogen) atoms. The fourth-order valence-electron chi connectivity index (χ4n) is 2.90. The first-order valence-corrected chi connectivity index (χ1v) is 10.6. The molecule has 0 saturated heterocycles. The molecule has 0 spiro atoms. The normalized spacial score (nSPS) is 11.2. The first-order chi connectivity index (χ1) is 16.3. The highest BCUT2D eigenvalue weighted by molar-refractivity contribution is 5.91. The van der Waals surface area contributed by atoms with Crippen LogP contribution < -0.4 is 19.6 Å². The first-order valence-electron chi connectivity index (χ1n) is 10.6. The molecule has 8 nitrogen and oxygen atoms in total. The van der Waals surface area contributed by atoms with Crippen LogP contribution in [0.4, 0.5) is 0 Å². The topological polar surface area (TPSA) is 99.1 Å². The maximum atomic E-state index is 12.2. The largest absolute Gasteiger partial charge is 0.493 e. The van der Waals surface area contributed by atoms with E-state index >= 15 is 0 Å². The Bertz CT molecular complexity index is 1150. The van der Waals surface area contributed by atoms with E-state index in [1.165, 1.54) is 25.1 Å². The molecule has 0 saturated carbocycles. The van der Waals surface area contributed by atoms with E-state index in [9.17, 15) is 9.59 Å². The van der Waals surface area contributed by atoms with Gasteiger partial charge < -0.3 is 14.2 Å². The molecule has 0 radical (unpaired) electrons. The SMILES string of the molecule is COc1cc(/C=N/NC(=O)COc2ccc(C(C)(C)C)cc2)ccc1OC(=O)c1cccnc1. The summed E-state index contributed by atoms with van der Waals surface area (Å²) < 4.78 is 16.2. The summed E-state index contributed by atoms with van der Waals surface area (Å²) in [5, 5.41) is 3.94. The fourth-order valence-corrected chi connectivity index (χ4v) is 2.90. The Balaban J connectivity index is 1.52. The van der Waals surface area contributed by atoms with Crippen molar-refractivity contribution >= 4 is 18.1 Å². The van der Waals surface area contributed by atoms with Crippen LogP contribution in [0.5, 0.6) is 17.2 Å². The summed E-state index contributed by atoms with van der Waals surface area (Å²) in [5.41, 5.74) is 4.61. The number of hydrazone groups is 1. The summed E-state index contributed by atoms with van der Waals surface area (Å²) in [7, 11) is 1.46. The van der Waals surface area contributed by atoms with E-state index in [4.69, 9.17) is 14.2 Å². The van der Waals surface area contributed by atoms with Crippen LogP contribution >= 0.6 is 0 Å². The maximum absolute atomic E-state index is 12.2. The van der Waals surface area contributed by atoms with Crippen molar-refractivity contribution in [2.24, 2.45) is 5.10 Å². The average molecular weight is 462 g/mol. The lowest BCUT2D eigenvalue weighted by Gasteiger charge is -2.19. The average Bonchev–Trinajstić information content (AvgIpc) is 2.83. The second kappa shape index (κ2) is 11.1. The molecule has 0 aliphatic rings. The van der Waals surface area contributed by atoms with Crippen molar-refractivity contribution < 1.29 is 23.8 Å². The summed E-state index contributed by atoms with van der Waals surface area (Å²) in [5.74, 6) is 0.254. The van der Waals surface area contributed by atoms with Gasteiger partial charge >= 0.3 is 5.97 Å². The van der Waals surface area contributed by atoms with Gasteiger partial charge in [-0.25, -0.2) is 10.2 Å². The third kappa shape index (κ3) is 6.90. The van der Waals surface area contributed by atoms with E-state index in [1.807, 2.05) is 24.3 Å². The molecule has 2 aromatic carbocycles.